The van der Waals surface area contributed by atoms with Crippen molar-refractivity contribution < 1.29 is 4.74 Å². The van der Waals surface area contributed by atoms with Gasteiger partial charge in [-0.2, -0.15) is 0 Å². The van der Waals surface area contributed by atoms with Crippen LogP contribution in [0.4, 0.5) is 5.69 Å². The van der Waals surface area contributed by atoms with Gasteiger partial charge in [0, 0.05) is 34.9 Å². The quantitative estimate of drug-likeness (QED) is 0.644. The zero-order valence-corrected chi connectivity index (χ0v) is 16.0. The average Bonchev–Trinajstić information content (AvgIpc) is 3.42. The van der Waals surface area contributed by atoms with E-state index >= 15 is 0 Å². The van der Waals surface area contributed by atoms with Crippen molar-refractivity contribution in [1.29, 1.82) is 0 Å². The molecule has 1 unspecified atom stereocenters. The maximum absolute atomic E-state index is 6.23. The van der Waals surface area contributed by atoms with Gasteiger partial charge in [-0.05, 0) is 62.1 Å². The first-order valence-corrected chi connectivity index (χ1v) is 9.50. The molecule has 3 aromatic rings. The molecule has 0 saturated heterocycles. The van der Waals surface area contributed by atoms with Gasteiger partial charge < -0.3 is 15.4 Å². The summed E-state index contributed by atoms with van der Waals surface area (Å²) in [6.07, 6.45) is 2.59. The Morgan fingerprint density at radius 1 is 1.19 bits per heavy atom. The molecule has 0 spiro atoms. The number of hydrogen-bond acceptors (Lipinski definition) is 4. The first kappa shape index (κ1) is 17.4. The molecule has 2 aromatic carbocycles. The van der Waals surface area contributed by atoms with Crippen molar-refractivity contribution in [2.24, 2.45) is 11.7 Å². The lowest BCUT2D eigenvalue weighted by atomic mass is 10.1. The highest BCUT2D eigenvalue weighted by Crippen LogP contribution is 2.39. The first-order chi connectivity index (χ1) is 12.5. The molecule has 5 heteroatoms. The predicted octanol–water partition coefficient (Wildman–Crippen LogP) is 4.61. The summed E-state index contributed by atoms with van der Waals surface area (Å²) >= 11 is 6.23. The molecule has 136 valence electrons. The van der Waals surface area contributed by atoms with Crippen LogP contribution in [0.15, 0.2) is 36.4 Å². The van der Waals surface area contributed by atoms with Crippen LogP contribution in [0.25, 0.3) is 21.8 Å². The van der Waals surface area contributed by atoms with Crippen molar-refractivity contribution >= 4 is 39.1 Å². The summed E-state index contributed by atoms with van der Waals surface area (Å²) in [6, 6.07) is 12.1. The first-order valence-electron chi connectivity index (χ1n) is 9.12. The van der Waals surface area contributed by atoms with Gasteiger partial charge in [0.1, 0.15) is 5.75 Å². The van der Waals surface area contributed by atoms with Gasteiger partial charge in [0.15, 0.2) is 0 Å². The number of methoxy groups -OCH3 is 1. The molecule has 0 amide bonds. The molecule has 0 aliphatic heterocycles. The van der Waals surface area contributed by atoms with Crippen LogP contribution >= 0.6 is 11.6 Å². The third-order valence-corrected chi connectivity index (χ3v) is 5.15. The Bertz CT molecular complexity index is 949. The van der Waals surface area contributed by atoms with Gasteiger partial charge in [-0.3, -0.25) is 0 Å². The highest BCUT2D eigenvalue weighted by atomic mass is 35.5. The molecule has 0 bridgehead atoms. The second-order valence-electron chi connectivity index (χ2n) is 7.33. The number of nitrogens with zero attached hydrogens (tertiary/aromatic N) is 2. The van der Waals surface area contributed by atoms with E-state index in [2.05, 4.69) is 24.0 Å². The minimum absolute atomic E-state index is 0.0879. The standard InChI is InChI=1S/C21H24ClN3O/c1-13(23)11-25(12-14-3-4-14)21-17-7-5-15(22)9-20(17)24-19-8-6-16(26-2)10-18(19)21/h5-10,13-14H,3-4,11-12,23H2,1-2H3. The highest BCUT2D eigenvalue weighted by molar-refractivity contribution is 6.31. The number of anilines is 1. The largest absolute Gasteiger partial charge is 0.497 e. The Balaban J connectivity index is 1.99. The van der Waals surface area contributed by atoms with E-state index in [1.807, 2.05) is 24.3 Å². The van der Waals surface area contributed by atoms with Gasteiger partial charge >= 0.3 is 0 Å². The number of fused-ring (bicyclic) bond motifs is 2. The van der Waals surface area contributed by atoms with Crippen LogP contribution in [0.5, 0.6) is 5.75 Å². The van der Waals surface area contributed by atoms with Gasteiger partial charge in [-0.25, -0.2) is 4.98 Å². The second kappa shape index (κ2) is 6.93. The van der Waals surface area contributed by atoms with E-state index in [-0.39, 0.29) is 6.04 Å². The predicted molar refractivity (Wildman–Crippen MR) is 109 cm³/mol. The Labute approximate surface area is 158 Å². The number of pyridine rings is 1. The average molecular weight is 370 g/mol. The minimum Gasteiger partial charge on any atom is -0.497 e. The molecule has 1 heterocycles. The summed E-state index contributed by atoms with van der Waals surface area (Å²) in [7, 11) is 1.69. The molecule has 1 aliphatic rings. The van der Waals surface area contributed by atoms with Gasteiger partial charge in [0.2, 0.25) is 0 Å². The van der Waals surface area contributed by atoms with Crippen LogP contribution in [0.3, 0.4) is 0 Å². The molecular weight excluding hydrogens is 346 g/mol. The summed E-state index contributed by atoms with van der Waals surface area (Å²) in [4.78, 5) is 7.27. The molecule has 1 saturated carbocycles. The molecule has 1 atom stereocenters. The number of hydrogen-bond donors (Lipinski definition) is 1. The lowest BCUT2D eigenvalue weighted by molar-refractivity contribution is 0.415. The fourth-order valence-electron chi connectivity index (χ4n) is 3.56. The number of halogens is 1. The van der Waals surface area contributed by atoms with E-state index in [1.165, 1.54) is 18.5 Å². The molecule has 1 aromatic heterocycles. The van der Waals surface area contributed by atoms with E-state index in [9.17, 15) is 0 Å². The van der Waals surface area contributed by atoms with Crippen molar-refractivity contribution in [2.75, 3.05) is 25.1 Å². The molecule has 26 heavy (non-hydrogen) atoms. The normalized spacial score (nSPS) is 15.4. The molecule has 2 N–H and O–H groups in total. The fraction of sp³-hybridized carbons (Fsp3) is 0.381. The Hall–Kier alpha value is -2.04. The fourth-order valence-corrected chi connectivity index (χ4v) is 3.73. The number of nitrogens with two attached hydrogens (primary N) is 1. The maximum Gasteiger partial charge on any atom is 0.119 e. The minimum atomic E-state index is 0.0879. The van der Waals surface area contributed by atoms with E-state index in [0.29, 0.717) is 5.02 Å². The number of ether oxygens (including phenoxy) is 1. The van der Waals surface area contributed by atoms with E-state index in [4.69, 9.17) is 27.1 Å². The number of aromatic nitrogens is 1. The molecule has 4 rings (SSSR count). The maximum atomic E-state index is 6.23. The molecule has 0 radical (unpaired) electrons. The van der Waals surface area contributed by atoms with Crippen LogP contribution < -0.4 is 15.4 Å². The van der Waals surface area contributed by atoms with Gasteiger partial charge in [-0.1, -0.05) is 11.6 Å². The van der Waals surface area contributed by atoms with Crippen LogP contribution in [0.1, 0.15) is 19.8 Å². The van der Waals surface area contributed by atoms with E-state index < -0.39 is 0 Å². The van der Waals surface area contributed by atoms with Gasteiger partial charge in [0.25, 0.3) is 0 Å². The van der Waals surface area contributed by atoms with Crippen LogP contribution in [0.2, 0.25) is 5.02 Å². The topological polar surface area (TPSA) is 51.4 Å². The zero-order chi connectivity index (χ0) is 18.3. The van der Waals surface area contributed by atoms with Crippen molar-refractivity contribution in [3.8, 4) is 5.75 Å². The summed E-state index contributed by atoms with van der Waals surface area (Å²) in [5, 5.41) is 2.90. The molecule has 1 fully saturated rings. The van der Waals surface area contributed by atoms with Crippen LogP contribution in [0, 0.1) is 5.92 Å². The smallest absolute Gasteiger partial charge is 0.119 e. The highest BCUT2D eigenvalue weighted by Gasteiger charge is 2.27. The Kier molecular flexibility index (Phi) is 4.63. The lowest BCUT2D eigenvalue weighted by Gasteiger charge is -2.29. The number of rotatable bonds is 6. The van der Waals surface area contributed by atoms with Crippen molar-refractivity contribution in [3.05, 3.63) is 41.4 Å². The number of benzene rings is 2. The Morgan fingerprint density at radius 3 is 2.69 bits per heavy atom. The van der Waals surface area contributed by atoms with E-state index in [1.54, 1.807) is 7.11 Å². The molecular formula is C21H24ClN3O. The van der Waals surface area contributed by atoms with Crippen molar-refractivity contribution in [1.82, 2.24) is 4.98 Å². The Morgan fingerprint density at radius 2 is 2.00 bits per heavy atom. The third kappa shape index (κ3) is 3.44. The SMILES string of the molecule is COc1ccc2nc3cc(Cl)ccc3c(N(CC(C)N)CC3CC3)c2c1. The molecule has 4 nitrogen and oxygen atoms in total. The van der Waals surface area contributed by atoms with E-state index in [0.717, 1.165) is 46.6 Å². The van der Waals surface area contributed by atoms with Gasteiger partial charge in [-0.15, -0.1) is 0 Å². The summed E-state index contributed by atoms with van der Waals surface area (Å²) in [5.74, 6) is 1.59. The monoisotopic (exact) mass is 369 g/mol. The van der Waals surface area contributed by atoms with Crippen LogP contribution in [-0.2, 0) is 0 Å². The van der Waals surface area contributed by atoms with Gasteiger partial charge in [0.05, 0.1) is 23.8 Å². The van der Waals surface area contributed by atoms with Crippen molar-refractivity contribution in [3.63, 3.8) is 0 Å². The lowest BCUT2D eigenvalue weighted by Crippen LogP contribution is -2.37. The summed E-state index contributed by atoms with van der Waals surface area (Å²) < 4.78 is 5.47. The summed E-state index contributed by atoms with van der Waals surface area (Å²) in [6.45, 7) is 3.89. The zero-order valence-electron chi connectivity index (χ0n) is 15.2. The summed E-state index contributed by atoms with van der Waals surface area (Å²) in [5.41, 5.74) is 9.24. The second-order valence-corrected chi connectivity index (χ2v) is 7.77. The van der Waals surface area contributed by atoms with Crippen molar-refractivity contribution in [2.45, 2.75) is 25.8 Å². The molecule has 1 aliphatic carbocycles. The third-order valence-electron chi connectivity index (χ3n) is 4.91. The van der Waals surface area contributed by atoms with Crippen LogP contribution in [-0.4, -0.2) is 31.2 Å².